The average molecular weight is 333 g/mol. The SMILES string of the molecule is CNCC1CCN(C(=O)c2csc(-c3ccccc3F)n2)CC1. The predicted molar refractivity (Wildman–Crippen MR) is 90.1 cm³/mol. The van der Waals surface area contributed by atoms with Gasteiger partial charge in [0.05, 0.1) is 0 Å². The lowest BCUT2D eigenvalue weighted by molar-refractivity contribution is 0.0686. The van der Waals surface area contributed by atoms with Crippen molar-refractivity contribution in [2.24, 2.45) is 5.92 Å². The van der Waals surface area contributed by atoms with Crippen molar-refractivity contribution in [1.29, 1.82) is 0 Å². The third kappa shape index (κ3) is 3.59. The number of piperidine rings is 1. The molecule has 6 heteroatoms. The van der Waals surface area contributed by atoms with E-state index in [1.807, 2.05) is 11.9 Å². The first kappa shape index (κ1) is 16.1. The Morgan fingerprint density at radius 1 is 1.39 bits per heavy atom. The molecule has 1 aliphatic heterocycles. The van der Waals surface area contributed by atoms with Crippen LogP contribution >= 0.6 is 11.3 Å². The molecule has 1 saturated heterocycles. The van der Waals surface area contributed by atoms with Crippen LogP contribution in [0.25, 0.3) is 10.6 Å². The molecule has 0 spiro atoms. The number of nitrogens with one attached hydrogen (secondary N) is 1. The van der Waals surface area contributed by atoms with E-state index in [9.17, 15) is 9.18 Å². The zero-order valence-corrected chi connectivity index (χ0v) is 13.9. The molecule has 4 nitrogen and oxygen atoms in total. The van der Waals surface area contributed by atoms with E-state index in [1.54, 1.807) is 23.6 Å². The van der Waals surface area contributed by atoms with Crippen LogP contribution in [0.5, 0.6) is 0 Å². The number of benzene rings is 1. The Balaban J connectivity index is 1.69. The smallest absolute Gasteiger partial charge is 0.273 e. The maximum absolute atomic E-state index is 13.8. The van der Waals surface area contributed by atoms with Crippen LogP contribution < -0.4 is 5.32 Å². The highest BCUT2D eigenvalue weighted by Crippen LogP contribution is 2.27. The third-order valence-corrected chi connectivity index (χ3v) is 5.10. The van der Waals surface area contributed by atoms with Gasteiger partial charge in [0.25, 0.3) is 5.91 Å². The van der Waals surface area contributed by atoms with E-state index in [2.05, 4.69) is 10.3 Å². The van der Waals surface area contributed by atoms with Crippen molar-refractivity contribution in [3.05, 3.63) is 41.2 Å². The largest absolute Gasteiger partial charge is 0.337 e. The number of carbonyl (C=O) groups excluding carboxylic acids is 1. The molecule has 0 saturated carbocycles. The molecule has 23 heavy (non-hydrogen) atoms. The van der Waals surface area contributed by atoms with Crippen molar-refractivity contribution in [2.45, 2.75) is 12.8 Å². The molecule has 1 aromatic heterocycles. The fraction of sp³-hybridized carbons (Fsp3) is 0.412. The van der Waals surface area contributed by atoms with Crippen LogP contribution in [0.3, 0.4) is 0 Å². The maximum Gasteiger partial charge on any atom is 0.273 e. The van der Waals surface area contributed by atoms with Gasteiger partial charge in [-0.3, -0.25) is 4.79 Å². The molecule has 0 aliphatic carbocycles. The van der Waals surface area contributed by atoms with E-state index in [0.717, 1.165) is 32.5 Å². The van der Waals surface area contributed by atoms with Crippen molar-refractivity contribution in [3.63, 3.8) is 0 Å². The van der Waals surface area contributed by atoms with Crippen LogP contribution in [0.15, 0.2) is 29.6 Å². The molecular weight excluding hydrogens is 313 g/mol. The Kier molecular flexibility index (Phi) is 5.03. The number of aromatic nitrogens is 1. The summed E-state index contributed by atoms with van der Waals surface area (Å²) < 4.78 is 13.8. The van der Waals surface area contributed by atoms with E-state index >= 15 is 0 Å². The number of likely N-dealkylation sites (tertiary alicyclic amines) is 1. The number of halogens is 1. The second-order valence-electron chi connectivity index (χ2n) is 5.81. The topological polar surface area (TPSA) is 45.2 Å². The molecule has 0 unspecified atom stereocenters. The first-order valence-electron chi connectivity index (χ1n) is 7.83. The summed E-state index contributed by atoms with van der Waals surface area (Å²) in [5, 5.41) is 5.47. The number of hydrogen-bond donors (Lipinski definition) is 1. The summed E-state index contributed by atoms with van der Waals surface area (Å²) in [5.41, 5.74) is 0.865. The van der Waals surface area contributed by atoms with Crippen molar-refractivity contribution in [1.82, 2.24) is 15.2 Å². The second-order valence-corrected chi connectivity index (χ2v) is 6.67. The summed E-state index contributed by atoms with van der Waals surface area (Å²) in [5.74, 6) is 0.272. The standard InChI is InChI=1S/C17H20FN3OS/c1-19-10-12-6-8-21(9-7-12)17(22)15-11-23-16(20-15)13-4-2-3-5-14(13)18/h2-5,11-12,19H,6-10H2,1H3. The van der Waals surface area contributed by atoms with Crippen molar-refractivity contribution >= 4 is 17.2 Å². The Labute approximate surface area is 139 Å². The van der Waals surface area contributed by atoms with E-state index < -0.39 is 0 Å². The zero-order valence-electron chi connectivity index (χ0n) is 13.1. The lowest BCUT2D eigenvalue weighted by Crippen LogP contribution is -2.40. The van der Waals surface area contributed by atoms with Gasteiger partial charge in [-0.25, -0.2) is 9.37 Å². The number of nitrogens with zero attached hydrogens (tertiary/aromatic N) is 2. The molecule has 0 atom stereocenters. The van der Waals surface area contributed by atoms with Gasteiger partial charge in [0.1, 0.15) is 16.5 Å². The highest BCUT2D eigenvalue weighted by molar-refractivity contribution is 7.13. The third-order valence-electron chi connectivity index (χ3n) is 4.22. The molecule has 3 rings (SSSR count). The second kappa shape index (κ2) is 7.19. The number of rotatable bonds is 4. The van der Waals surface area contributed by atoms with Gasteiger partial charge in [-0.2, -0.15) is 0 Å². The van der Waals surface area contributed by atoms with Crippen LogP contribution in [-0.4, -0.2) is 42.5 Å². The lowest BCUT2D eigenvalue weighted by atomic mass is 9.97. The molecule has 0 radical (unpaired) electrons. The van der Waals surface area contributed by atoms with Crippen molar-refractivity contribution in [3.8, 4) is 10.6 Å². The van der Waals surface area contributed by atoms with Crippen LogP contribution in [0.4, 0.5) is 4.39 Å². The minimum Gasteiger partial charge on any atom is -0.337 e. The van der Waals surface area contributed by atoms with Crippen LogP contribution in [0.2, 0.25) is 0 Å². The first-order valence-corrected chi connectivity index (χ1v) is 8.71. The summed E-state index contributed by atoms with van der Waals surface area (Å²) in [4.78, 5) is 18.8. The normalized spacial score (nSPS) is 15.8. The molecule has 1 aromatic carbocycles. The Hall–Kier alpha value is -1.79. The molecule has 1 fully saturated rings. The molecule has 1 amide bonds. The van der Waals surface area contributed by atoms with E-state index in [4.69, 9.17) is 0 Å². The average Bonchev–Trinajstić information content (AvgIpc) is 3.05. The van der Waals surface area contributed by atoms with Crippen LogP contribution in [0, 0.1) is 11.7 Å². The lowest BCUT2D eigenvalue weighted by Gasteiger charge is -2.31. The predicted octanol–water partition coefficient (Wildman–Crippen LogP) is 3.02. The molecular formula is C17H20FN3OS. The highest BCUT2D eigenvalue weighted by atomic mass is 32.1. The molecule has 2 heterocycles. The van der Waals surface area contributed by atoms with Crippen LogP contribution in [-0.2, 0) is 0 Å². The molecule has 2 aromatic rings. The number of amides is 1. The molecule has 0 bridgehead atoms. The maximum atomic E-state index is 13.8. The van der Waals surface area contributed by atoms with Gasteiger partial charge in [0.2, 0.25) is 0 Å². The monoisotopic (exact) mass is 333 g/mol. The first-order chi connectivity index (χ1) is 11.2. The summed E-state index contributed by atoms with van der Waals surface area (Å²) >= 11 is 1.31. The number of hydrogen-bond acceptors (Lipinski definition) is 4. The minimum atomic E-state index is -0.311. The fourth-order valence-corrected chi connectivity index (χ4v) is 3.74. The Morgan fingerprint density at radius 2 is 2.13 bits per heavy atom. The zero-order chi connectivity index (χ0) is 16.2. The van der Waals surface area contributed by atoms with Gasteiger partial charge >= 0.3 is 0 Å². The quantitative estimate of drug-likeness (QED) is 0.935. The molecule has 122 valence electrons. The summed E-state index contributed by atoms with van der Waals surface area (Å²) in [6, 6.07) is 6.51. The van der Waals surface area contributed by atoms with Gasteiger partial charge in [-0.05, 0) is 44.5 Å². The highest BCUT2D eigenvalue weighted by Gasteiger charge is 2.25. The van der Waals surface area contributed by atoms with Crippen molar-refractivity contribution in [2.75, 3.05) is 26.7 Å². The van der Waals surface area contributed by atoms with E-state index in [0.29, 0.717) is 22.2 Å². The minimum absolute atomic E-state index is 0.0493. The van der Waals surface area contributed by atoms with Gasteiger partial charge in [0.15, 0.2) is 0 Å². The van der Waals surface area contributed by atoms with Crippen LogP contribution in [0.1, 0.15) is 23.3 Å². The van der Waals surface area contributed by atoms with Crippen molar-refractivity contribution < 1.29 is 9.18 Å². The molecule has 1 N–H and O–H groups in total. The van der Waals surface area contributed by atoms with Gasteiger partial charge < -0.3 is 10.2 Å². The van der Waals surface area contributed by atoms with Gasteiger partial charge in [0, 0.05) is 24.0 Å². The van der Waals surface area contributed by atoms with E-state index in [-0.39, 0.29) is 11.7 Å². The van der Waals surface area contributed by atoms with Gasteiger partial charge in [-0.1, -0.05) is 12.1 Å². The molecule has 1 aliphatic rings. The van der Waals surface area contributed by atoms with E-state index in [1.165, 1.54) is 17.4 Å². The number of thiazole rings is 1. The van der Waals surface area contributed by atoms with Gasteiger partial charge in [-0.15, -0.1) is 11.3 Å². The summed E-state index contributed by atoms with van der Waals surface area (Å²) in [6.45, 7) is 2.52. The fourth-order valence-electron chi connectivity index (χ4n) is 2.92. The Bertz CT molecular complexity index is 680. The summed E-state index contributed by atoms with van der Waals surface area (Å²) in [6.07, 6.45) is 2.02. The summed E-state index contributed by atoms with van der Waals surface area (Å²) in [7, 11) is 1.96. The number of carbonyl (C=O) groups is 1. The Morgan fingerprint density at radius 3 is 2.83 bits per heavy atom.